The van der Waals surface area contributed by atoms with Crippen LogP contribution < -0.4 is 5.32 Å². The van der Waals surface area contributed by atoms with Gasteiger partial charge in [0.05, 0.1) is 4.90 Å². The predicted octanol–water partition coefficient (Wildman–Crippen LogP) is 3.44. The van der Waals surface area contributed by atoms with Gasteiger partial charge < -0.3 is 5.32 Å². The second-order valence-corrected chi connectivity index (χ2v) is 7.33. The van der Waals surface area contributed by atoms with Gasteiger partial charge in [-0.1, -0.05) is 20.8 Å². The highest BCUT2D eigenvalue weighted by Crippen LogP contribution is 2.30. The van der Waals surface area contributed by atoms with Crippen molar-refractivity contribution < 1.29 is 21.6 Å². The number of benzene rings is 1. The average Bonchev–Trinajstić information content (AvgIpc) is 2.24. The summed E-state index contributed by atoms with van der Waals surface area (Å²) in [6.45, 7) is 6.63. The van der Waals surface area contributed by atoms with Crippen LogP contribution in [0.3, 0.4) is 0 Å². The van der Waals surface area contributed by atoms with E-state index in [9.17, 15) is 21.6 Å². The number of anilines is 1. The molecule has 0 saturated heterocycles. The number of sulfone groups is 1. The van der Waals surface area contributed by atoms with E-state index in [0.717, 1.165) is 12.1 Å². The zero-order valence-electron chi connectivity index (χ0n) is 10.9. The van der Waals surface area contributed by atoms with Crippen LogP contribution in [0.1, 0.15) is 20.8 Å². The molecule has 0 atom stereocenters. The maximum Gasteiger partial charge on any atom is 0.501 e. The Balaban J connectivity index is 2.89. The summed E-state index contributed by atoms with van der Waals surface area (Å²) in [4.78, 5) is -0.749. The highest BCUT2D eigenvalue weighted by Gasteiger charge is 2.46. The van der Waals surface area contributed by atoms with Crippen LogP contribution in [-0.2, 0) is 9.84 Å². The molecule has 0 aromatic heterocycles. The van der Waals surface area contributed by atoms with Gasteiger partial charge in [0.15, 0.2) is 0 Å². The summed E-state index contributed by atoms with van der Waals surface area (Å²) in [5.74, 6) is 0. The minimum absolute atomic E-state index is 0.0106. The first-order valence-corrected chi connectivity index (χ1v) is 7.07. The molecule has 3 nitrogen and oxygen atoms in total. The third kappa shape index (κ3) is 4.12. The lowest BCUT2D eigenvalue weighted by molar-refractivity contribution is -0.0436. The summed E-state index contributed by atoms with van der Waals surface area (Å²) >= 11 is 0. The lowest BCUT2D eigenvalue weighted by atomic mass is 9.97. The molecule has 0 bridgehead atoms. The molecule has 0 radical (unpaired) electrons. The van der Waals surface area contributed by atoms with Gasteiger partial charge in [-0.05, 0) is 29.7 Å². The molecule has 108 valence electrons. The second-order valence-electron chi connectivity index (χ2n) is 5.39. The lowest BCUT2D eigenvalue weighted by Crippen LogP contribution is -2.23. The first-order chi connectivity index (χ1) is 8.43. The lowest BCUT2D eigenvalue weighted by Gasteiger charge is -2.19. The molecule has 19 heavy (non-hydrogen) atoms. The van der Waals surface area contributed by atoms with Crippen LogP contribution in [0.15, 0.2) is 29.2 Å². The normalized spacial score (nSPS) is 13.4. The first kappa shape index (κ1) is 15.8. The van der Waals surface area contributed by atoms with Crippen molar-refractivity contribution in [2.75, 3.05) is 11.9 Å². The van der Waals surface area contributed by atoms with E-state index in [1.807, 2.05) is 20.8 Å². The molecule has 1 aromatic rings. The molecule has 0 aliphatic rings. The smallest absolute Gasteiger partial charge is 0.385 e. The molecular weight excluding hydrogens is 279 g/mol. The summed E-state index contributed by atoms with van der Waals surface area (Å²) < 4.78 is 59.2. The Morgan fingerprint density at radius 2 is 1.53 bits per heavy atom. The molecule has 1 rings (SSSR count). The van der Waals surface area contributed by atoms with Crippen molar-refractivity contribution in [1.82, 2.24) is 0 Å². The van der Waals surface area contributed by atoms with E-state index in [0.29, 0.717) is 12.2 Å². The molecule has 0 heterocycles. The monoisotopic (exact) mass is 295 g/mol. The van der Waals surface area contributed by atoms with Crippen LogP contribution in [0.2, 0.25) is 0 Å². The number of hydrogen-bond acceptors (Lipinski definition) is 3. The quantitative estimate of drug-likeness (QED) is 0.929. The molecule has 1 aromatic carbocycles. The Labute approximate surface area is 110 Å². The fraction of sp³-hybridized carbons (Fsp3) is 0.500. The standard InChI is InChI=1S/C12H16F3NO2S/c1-11(2,3)8-16-9-4-6-10(7-5-9)19(17,18)12(13,14)15/h4-7,16H,8H2,1-3H3. The molecule has 1 N–H and O–H groups in total. The zero-order valence-corrected chi connectivity index (χ0v) is 11.7. The van der Waals surface area contributed by atoms with E-state index in [2.05, 4.69) is 5.32 Å². The minimum atomic E-state index is -5.27. The van der Waals surface area contributed by atoms with Crippen LogP contribution in [-0.4, -0.2) is 20.5 Å². The molecule has 0 fully saturated rings. The van der Waals surface area contributed by atoms with Crippen molar-refractivity contribution >= 4 is 15.5 Å². The van der Waals surface area contributed by atoms with Crippen LogP contribution in [0.25, 0.3) is 0 Å². The fourth-order valence-electron chi connectivity index (χ4n) is 1.25. The van der Waals surface area contributed by atoms with Gasteiger partial charge in [0.1, 0.15) is 0 Å². The number of halogens is 3. The molecule has 0 spiro atoms. The zero-order chi connectivity index (χ0) is 14.9. The molecular formula is C12H16F3NO2S. The van der Waals surface area contributed by atoms with Crippen molar-refractivity contribution in [2.24, 2.45) is 5.41 Å². The number of nitrogens with one attached hydrogen (secondary N) is 1. The largest absolute Gasteiger partial charge is 0.501 e. The molecule has 0 unspecified atom stereocenters. The molecule has 7 heteroatoms. The molecule has 0 aliphatic carbocycles. The van der Waals surface area contributed by atoms with E-state index >= 15 is 0 Å². The molecule has 0 saturated carbocycles. The molecule has 0 aliphatic heterocycles. The van der Waals surface area contributed by atoms with Crippen molar-refractivity contribution in [2.45, 2.75) is 31.2 Å². The predicted molar refractivity (Wildman–Crippen MR) is 67.6 cm³/mol. The van der Waals surface area contributed by atoms with E-state index in [4.69, 9.17) is 0 Å². The minimum Gasteiger partial charge on any atom is -0.385 e. The Morgan fingerprint density at radius 1 is 1.05 bits per heavy atom. The van der Waals surface area contributed by atoms with Gasteiger partial charge in [-0.2, -0.15) is 13.2 Å². The fourth-order valence-corrected chi connectivity index (χ4v) is 2.01. The first-order valence-electron chi connectivity index (χ1n) is 5.59. The van der Waals surface area contributed by atoms with Crippen LogP contribution in [0.4, 0.5) is 18.9 Å². The number of rotatable bonds is 3. The van der Waals surface area contributed by atoms with Crippen molar-refractivity contribution in [3.05, 3.63) is 24.3 Å². The van der Waals surface area contributed by atoms with Gasteiger partial charge in [0.25, 0.3) is 9.84 Å². The highest BCUT2D eigenvalue weighted by atomic mass is 32.2. The van der Waals surface area contributed by atoms with Crippen LogP contribution >= 0.6 is 0 Å². The summed E-state index contributed by atoms with van der Waals surface area (Å²) in [6.07, 6.45) is 0. The van der Waals surface area contributed by atoms with Crippen molar-refractivity contribution in [1.29, 1.82) is 0 Å². The number of hydrogen-bond donors (Lipinski definition) is 1. The van der Waals surface area contributed by atoms with Gasteiger partial charge in [0, 0.05) is 12.2 Å². The maximum absolute atomic E-state index is 12.3. The summed E-state index contributed by atoms with van der Waals surface area (Å²) in [6, 6.07) is 4.55. The average molecular weight is 295 g/mol. The SMILES string of the molecule is CC(C)(C)CNc1ccc(S(=O)(=O)C(F)(F)F)cc1. The third-order valence-electron chi connectivity index (χ3n) is 2.29. The summed E-state index contributed by atoms with van der Waals surface area (Å²) in [5, 5.41) is 3.03. The van der Waals surface area contributed by atoms with Crippen molar-refractivity contribution in [3.63, 3.8) is 0 Å². The van der Waals surface area contributed by atoms with Gasteiger partial charge >= 0.3 is 5.51 Å². The van der Waals surface area contributed by atoms with Crippen molar-refractivity contribution in [3.8, 4) is 0 Å². The van der Waals surface area contributed by atoms with E-state index in [-0.39, 0.29) is 5.41 Å². The van der Waals surface area contributed by atoms with E-state index < -0.39 is 20.2 Å². The Bertz CT molecular complexity index is 528. The molecule has 0 amide bonds. The Morgan fingerprint density at radius 3 is 1.89 bits per heavy atom. The van der Waals surface area contributed by atoms with Gasteiger partial charge in [-0.15, -0.1) is 0 Å². The van der Waals surface area contributed by atoms with Gasteiger partial charge in [-0.3, -0.25) is 0 Å². The topological polar surface area (TPSA) is 46.2 Å². The summed E-state index contributed by atoms with van der Waals surface area (Å²) in [7, 11) is -5.26. The van der Waals surface area contributed by atoms with E-state index in [1.54, 1.807) is 0 Å². The van der Waals surface area contributed by atoms with E-state index in [1.165, 1.54) is 12.1 Å². The second kappa shape index (κ2) is 5.03. The van der Waals surface area contributed by atoms with Gasteiger partial charge in [0.2, 0.25) is 0 Å². The van der Waals surface area contributed by atoms with Crippen LogP contribution in [0.5, 0.6) is 0 Å². The third-order valence-corrected chi connectivity index (χ3v) is 3.79. The van der Waals surface area contributed by atoms with Crippen LogP contribution in [0, 0.1) is 5.41 Å². The highest BCUT2D eigenvalue weighted by molar-refractivity contribution is 7.92. The summed E-state index contributed by atoms with van der Waals surface area (Å²) in [5.41, 5.74) is -4.68. The Hall–Kier alpha value is -1.24. The maximum atomic E-state index is 12.3. The number of alkyl halides is 3. The van der Waals surface area contributed by atoms with Gasteiger partial charge in [-0.25, -0.2) is 8.42 Å². The Kier molecular flexibility index (Phi) is 4.19.